The lowest BCUT2D eigenvalue weighted by Gasteiger charge is -2.38. The third-order valence-electron chi connectivity index (χ3n) is 6.41. The Kier molecular flexibility index (Phi) is 7.90. The molecule has 2 heterocycles. The fourth-order valence-corrected chi connectivity index (χ4v) is 4.79. The fourth-order valence-electron chi connectivity index (χ4n) is 4.51. The summed E-state index contributed by atoms with van der Waals surface area (Å²) in [6.07, 6.45) is 1.57. The van der Waals surface area contributed by atoms with Gasteiger partial charge >= 0.3 is 6.01 Å². The van der Waals surface area contributed by atoms with Crippen molar-refractivity contribution in [3.8, 4) is 17.1 Å². The van der Waals surface area contributed by atoms with Crippen LogP contribution in [-0.4, -0.2) is 79.1 Å². The normalized spacial score (nSPS) is 16.2. The average Bonchev–Trinajstić information content (AvgIpc) is 2.83. The summed E-state index contributed by atoms with van der Waals surface area (Å²) in [6.45, 7) is 6.31. The number of fused-ring (bicyclic) bond motifs is 1. The van der Waals surface area contributed by atoms with Gasteiger partial charge in [0.05, 0.1) is 11.6 Å². The van der Waals surface area contributed by atoms with Crippen molar-refractivity contribution >= 4 is 34.7 Å². The Balaban J connectivity index is 1.85. The number of hydrogen-bond acceptors (Lipinski definition) is 6. The van der Waals surface area contributed by atoms with E-state index in [-0.39, 0.29) is 33.7 Å². The van der Waals surface area contributed by atoms with Gasteiger partial charge in [-0.1, -0.05) is 23.7 Å². The number of rotatable bonds is 8. The summed E-state index contributed by atoms with van der Waals surface area (Å²) >= 11 is 6.57. The Bertz CT molecular complexity index is 1250. The first-order chi connectivity index (χ1) is 17.2. The molecule has 4 rings (SSSR count). The van der Waals surface area contributed by atoms with Gasteiger partial charge in [0.25, 0.3) is 0 Å². The van der Waals surface area contributed by atoms with E-state index in [0.717, 1.165) is 19.4 Å². The van der Waals surface area contributed by atoms with Gasteiger partial charge in [0.15, 0.2) is 5.82 Å². The van der Waals surface area contributed by atoms with E-state index in [0.29, 0.717) is 43.0 Å². The topological polar surface area (TPSA) is 61.8 Å². The highest BCUT2D eigenvalue weighted by Gasteiger charge is 2.28. The second-order valence-corrected chi connectivity index (χ2v) is 9.76. The van der Waals surface area contributed by atoms with Crippen molar-refractivity contribution in [2.24, 2.45) is 0 Å². The molecule has 1 saturated heterocycles. The highest BCUT2D eigenvalue weighted by molar-refractivity contribution is 6.34. The van der Waals surface area contributed by atoms with Crippen LogP contribution in [0.1, 0.15) is 18.9 Å². The molecule has 1 aromatic heterocycles. The van der Waals surface area contributed by atoms with E-state index in [1.165, 1.54) is 6.07 Å². The lowest BCUT2D eigenvalue weighted by molar-refractivity contribution is -0.120. The van der Waals surface area contributed by atoms with Crippen molar-refractivity contribution in [1.82, 2.24) is 19.8 Å². The number of halogens is 3. The quantitative estimate of drug-likeness (QED) is 0.323. The number of nitrogens with zero attached hydrogens (tertiary/aromatic N) is 5. The maximum absolute atomic E-state index is 16.1. The Morgan fingerprint density at radius 2 is 2.00 bits per heavy atom. The molecule has 10 heteroatoms. The Morgan fingerprint density at radius 3 is 2.67 bits per heavy atom. The van der Waals surface area contributed by atoms with E-state index in [4.69, 9.17) is 16.3 Å². The van der Waals surface area contributed by atoms with E-state index < -0.39 is 11.6 Å². The lowest BCUT2D eigenvalue weighted by atomic mass is 9.97. The molecule has 3 aromatic rings. The molecule has 1 unspecified atom stereocenters. The van der Waals surface area contributed by atoms with Gasteiger partial charge in [-0.3, -0.25) is 4.79 Å². The van der Waals surface area contributed by atoms with Crippen molar-refractivity contribution in [3.05, 3.63) is 46.5 Å². The third kappa shape index (κ3) is 5.22. The number of piperazine rings is 1. The lowest BCUT2D eigenvalue weighted by Crippen LogP contribution is -2.51. The minimum absolute atomic E-state index is 0.00938. The molecule has 1 aliphatic rings. The maximum atomic E-state index is 16.1. The number of amides is 1. The molecule has 1 amide bonds. The standard InChI is InChI=1S/C26H30ClF2N5O2/c1-16-7-5-8-20(28)21(16)22-19(27)13-18-24(23(22)29)30-26(36-12-6-9-32(3)4)31-25(18)33-10-11-34(15-35)17(2)14-33/h5,7-8,13,15,17H,6,9-12,14H2,1-4H3. The van der Waals surface area contributed by atoms with Crippen LogP contribution in [0.5, 0.6) is 6.01 Å². The van der Waals surface area contributed by atoms with Crippen molar-refractivity contribution in [3.63, 3.8) is 0 Å². The number of carbonyl (C=O) groups is 1. The summed E-state index contributed by atoms with van der Waals surface area (Å²) in [5.74, 6) is -0.826. The zero-order valence-corrected chi connectivity index (χ0v) is 21.6. The monoisotopic (exact) mass is 517 g/mol. The molecule has 36 heavy (non-hydrogen) atoms. The number of aromatic nitrogens is 2. The predicted octanol–water partition coefficient (Wildman–Crippen LogP) is 4.53. The van der Waals surface area contributed by atoms with Crippen LogP contribution in [0.15, 0.2) is 24.3 Å². The minimum atomic E-state index is -0.730. The summed E-state index contributed by atoms with van der Waals surface area (Å²) in [7, 11) is 3.94. The number of carbonyl (C=O) groups excluding carboxylic acids is 1. The summed E-state index contributed by atoms with van der Waals surface area (Å²) in [4.78, 5) is 26.1. The largest absolute Gasteiger partial charge is 0.463 e. The molecule has 0 N–H and O–H groups in total. The van der Waals surface area contributed by atoms with Gasteiger partial charge < -0.3 is 19.4 Å². The third-order valence-corrected chi connectivity index (χ3v) is 6.71. The Hall–Kier alpha value is -3.04. The van der Waals surface area contributed by atoms with E-state index in [1.807, 2.05) is 30.8 Å². The van der Waals surface area contributed by atoms with Crippen molar-refractivity contribution in [1.29, 1.82) is 0 Å². The fraction of sp³-hybridized carbons (Fsp3) is 0.423. The van der Waals surface area contributed by atoms with Crippen LogP contribution in [0, 0.1) is 18.6 Å². The summed E-state index contributed by atoms with van der Waals surface area (Å²) in [5, 5.41) is 0.472. The van der Waals surface area contributed by atoms with E-state index in [2.05, 4.69) is 9.97 Å². The molecular formula is C26H30ClF2N5O2. The van der Waals surface area contributed by atoms with Crippen LogP contribution >= 0.6 is 11.6 Å². The molecule has 1 atom stereocenters. The van der Waals surface area contributed by atoms with Gasteiger partial charge in [-0.15, -0.1) is 0 Å². The number of anilines is 1. The van der Waals surface area contributed by atoms with E-state index >= 15 is 4.39 Å². The zero-order chi connectivity index (χ0) is 26.0. The van der Waals surface area contributed by atoms with Gasteiger partial charge in [0.2, 0.25) is 6.41 Å². The van der Waals surface area contributed by atoms with Gasteiger partial charge in [-0.05, 0) is 52.1 Å². The molecule has 0 spiro atoms. The summed E-state index contributed by atoms with van der Waals surface area (Å²) < 4.78 is 36.7. The highest BCUT2D eigenvalue weighted by Crippen LogP contribution is 2.41. The second kappa shape index (κ2) is 10.9. The van der Waals surface area contributed by atoms with Crippen LogP contribution in [0.4, 0.5) is 14.6 Å². The smallest absolute Gasteiger partial charge is 0.319 e. The maximum Gasteiger partial charge on any atom is 0.319 e. The minimum Gasteiger partial charge on any atom is -0.463 e. The van der Waals surface area contributed by atoms with Crippen molar-refractivity contribution in [2.75, 3.05) is 51.8 Å². The van der Waals surface area contributed by atoms with E-state index in [9.17, 15) is 9.18 Å². The molecule has 7 nitrogen and oxygen atoms in total. The first-order valence-corrected chi connectivity index (χ1v) is 12.3. The SMILES string of the molecule is Cc1cccc(F)c1-c1c(Cl)cc2c(N3CCN(C=O)C(C)C3)nc(OCCCN(C)C)nc2c1F. The molecule has 0 bridgehead atoms. The van der Waals surface area contributed by atoms with Crippen LogP contribution in [-0.2, 0) is 4.79 Å². The zero-order valence-electron chi connectivity index (χ0n) is 20.9. The Labute approximate surface area is 214 Å². The molecule has 0 aliphatic carbocycles. The molecule has 0 saturated carbocycles. The number of aryl methyl sites for hydroxylation is 1. The van der Waals surface area contributed by atoms with Crippen LogP contribution in [0.3, 0.4) is 0 Å². The molecule has 0 radical (unpaired) electrons. The first kappa shape index (κ1) is 26.0. The van der Waals surface area contributed by atoms with Crippen molar-refractivity contribution in [2.45, 2.75) is 26.3 Å². The number of ether oxygens (including phenoxy) is 1. The first-order valence-electron chi connectivity index (χ1n) is 11.9. The molecule has 2 aromatic carbocycles. The number of benzene rings is 2. The van der Waals surface area contributed by atoms with Gasteiger partial charge in [0, 0.05) is 48.7 Å². The van der Waals surface area contributed by atoms with Crippen LogP contribution in [0.25, 0.3) is 22.0 Å². The average molecular weight is 518 g/mol. The molecule has 1 aliphatic heterocycles. The molecule has 1 fully saturated rings. The summed E-state index contributed by atoms with van der Waals surface area (Å²) in [5.41, 5.74) is 0.629. The summed E-state index contributed by atoms with van der Waals surface area (Å²) in [6, 6.07) is 6.12. The van der Waals surface area contributed by atoms with Crippen LogP contribution < -0.4 is 9.64 Å². The molecule has 192 valence electrons. The number of hydrogen-bond donors (Lipinski definition) is 0. The molecular weight excluding hydrogens is 488 g/mol. The van der Waals surface area contributed by atoms with Gasteiger partial charge in [-0.25, -0.2) is 8.78 Å². The van der Waals surface area contributed by atoms with Gasteiger partial charge in [0.1, 0.15) is 17.2 Å². The Morgan fingerprint density at radius 1 is 1.22 bits per heavy atom. The van der Waals surface area contributed by atoms with Crippen molar-refractivity contribution < 1.29 is 18.3 Å². The highest BCUT2D eigenvalue weighted by atomic mass is 35.5. The predicted molar refractivity (Wildman–Crippen MR) is 138 cm³/mol. The van der Waals surface area contributed by atoms with E-state index in [1.54, 1.807) is 30.0 Å². The second-order valence-electron chi connectivity index (χ2n) is 9.35. The van der Waals surface area contributed by atoms with Gasteiger partial charge in [-0.2, -0.15) is 9.97 Å². The van der Waals surface area contributed by atoms with Crippen LogP contribution in [0.2, 0.25) is 5.02 Å².